The monoisotopic (exact) mass is 544 g/mol. The first-order valence-corrected chi connectivity index (χ1v) is 12.9. The molecule has 0 atom stereocenters. The van der Waals surface area contributed by atoms with Gasteiger partial charge in [0.15, 0.2) is 17.0 Å². The van der Waals surface area contributed by atoms with Crippen LogP contribution in [-0.2, 0) is 12.8 Å². The second-order valence-corrected chi connectivity index (χ2v) is 9.91. The lowest BCUT2D eigenvalue weighted by molar-refractivity contribution is -0.147. The number of likely N-dealkylation sites (tertiary alicyclic amines) is 1. The maximum absolute atomic E-state index is 15.0. The molecule has 0 radical (unpaired) electrons. The fourth-order valence-corrected chi connectivity index (χ4v) is 5.24. The summed E-state index contributed by atoms with van der Waals surface area (Å²) in [7, 11) is 0. The zero-order chi connectivity index (χ0) is 27.0. The van der Waals surface area contributed by atoms with Crippen LogP contribution >= 0.6 is 0 Å². The molecule has 0 aliphatic carbocycles. The normalized spacial score (nSPS) is 17.3. The Balaban J connectivity index is 1.13. The zero-order valence-electron chi connectivity index (χ0n) is 21.0. The minimum Gasteiger partial charge on any atom is -0.380 e. The maximum Gasteiger partial charge on any atom is 0.401 e. The standard InChI is InChI=1S/C25H28F4N10/c26-17-11-16(1-2-18(17)34-15-3-7-38(8-4-15)12-25(27,28)29)35-24-36-22-21(32-14-33-22)23(37-24)39-9-5-19-20(6-10-39)31-13-30-19/h1-2,11,13-15,34H,3-10,12H2,(H,30,31)(H2,32,33,35,36,37). The van der Waals surface area contributed by atoms with Crippen molar-refractivity contribution in [3.63, 3.8) is 0 Å². The van der Waals surface area contributed by atoms with E-state index in [2.05, 4.69) is 40.5 Å². The van der Waals surface area contributed by atoms with Crippen LogP contribution in [0.4, 0.5) is 40.7 Å². The van der Waals surface area contributed by atoms with Gasteiger partial charge in [-0.15, -0.1) is 0 Å². The molecule has 6 rings (SSSR count). The summed E-state index contributed by atoms with van der Waals surface area (Å²) in [5.74, 6) is 0.519. The molecule has 0 amide bonds. The number of nitrogens with zero attached hydrogens (tertiary/aromatic N) is 6. The van der Waals surface area contributed by atoms with Crippen molar-refractivity contribution in [3.8, 4) is 0 Å². The van der Waals surface area contributed by atoms with Crippen molar-refractivity contribution in [1.29, 1.82) is 0 Å². The molecule has 39 heavy (non-hydrogen) atoms. The van der Waals surface area contributed by atoms with Gasteiger partial charge in [-0.1, -0.05) is 0 Å². The molecule has 2 aliphatic heterocycles. The Kier molecular flexibility index (Phi) is 6.71. The summed E-state index contributed by atoms with van der Waals surface area (Å²) in [5, 5.41) is 6.23. The minimum atomic E-state index is -4.21. The fourth-order valence-electron chi connectivity index (χ4n) is 5.24. The molecule has 1 aromatic carbocycles. The lowest BCUT2D eigenvalue weighted by Gasteiger charge is -2.33. The molecule has 0 saturated carbocycles. The molecule has 5 heterocycles. The summed E-state index contributed by atoms with van der Waals surface area (Å²) in [6.45, 7) is 1.17. The lowest BCUT2D eigenvalue weighted by atomic mass is 10.0. The number of hydrogen-bond acceptors (Lipinski definition) is 8. The second-order valence-electron chi connectivity index (χ2n) is 9.91. The Morgan fingerprint density at radius 2 is 1.77 bits per heavy atom. The first kappa shape index (κ1) is 25.3. The highest BCUT2D eigenvalue weighted by molar-refractivity contribution is 5.85. The Morgan fingerprint density at radius 3 is 2.56 bits per heavy atom. The van der Waals surface area contributed by atoms with Crippen molar-refractivity contribution >= 4 is 34.3 Å². The number of benzene rings is 1. The number of hydrogen-bond donors (Lipinski definition) is 4. The van der Waals surface area contributed by atoms with E-state index < -0.39 is 18.5 Å². The summed E-state index contributed by atoms with van der Waals surface area (Å²) < 4.78 is 52.9. The topological polar surface area (TPSA) is 114 Å². The third-order valence-electron chi connectivity index (χ3n) is 7.19. The van der Waals surface area contributed by atoms with E-state index in [-0.39, 0.29) is 6.04 Å². The van der Waals surface area contributed by atoms with E-state index in [1.165, 1.54) is 11.0 Å². The van der Waals surface area contributed by atoms with E-state index in [4.69, 9.17) is 4.98 Å². The molecular formula is C25H28F4N10. The van der Waals surface area contributed by atoms with Gasteiger partial charge in [-0.3, -0.25) is 4.90 Å². The average Bonchev–Trinajstić information content (AvgIpc) is 3.51. The SMILES string of the molecule is Fc1cc(Nc2nc(N3CCc4nc[nH]c4CC3)c3nc[nH]c3n2)ccc1NC1CCN(CC(F)(F)F)CC1. The number of alkyl halides is 3. The average molecular weight is 545 g/mol. The molecule has 1 saturated heterocycles. The van der Waals surface area contributed by atoms with Crippen LogP contribution in [0.25, 0.3) is 11.2 Å². The number of piperidine rings is 1. The summed E-state index contributed by atoms with van der Waals surface area (Å²) >= 11 is 0. The van der Waals surface area contributed by atoms with Crippen LogP contribution in [0, 0.1) is 5.82 Å². The quantitative estimate of drug-likeness (QED) is 0.270. The second kappa shape index (κ2) is 10.3. The highest BCUT2D eigenvalue weighted by Gasteiger charge is 2.32. The van der Waals surface area contributed by atoms with Crippen molar-refractivity contribution < 1.29 is 17.6 Å². The number of aromatic amines is 2. The van der Waals surface area contributed by atoms with Gasteiger partial charge in [-0.25, -0.2) is 14.4 Å². The molecule has 2 aliphatic rings. The summed E-state index contributed by atoms with van der Waals surface area (Å²) in [6, 6.07) is 4.59. The number of H-pyrrole nitrogens is 2. The smallest absolute Gasteiger partial charge is 0.380 e. The van der Waals surface area contributed by atoms with Crippen LogP contribution in [0.3, 0.4) is 0 Å². The van der Waals surface area contributed by atoms with Gasteiger partial charge < -0.3 is 25.5 Å². The summed E-state index contributed by atoms with van der Waals surface area (Å²) in [5.41, 5.74) is 4.18. The van der Waals surface area contributed by atoms with Gasteiger partial charge in [0.05, 0.1) is 30.6 Å². The molecule has 1 fully saturated rings. The van der Waals surface area contributed by atoms with Gasteiger partial charge in [0, 0.05) is 56.4 Å². The van der Waals surface area contributed by atoms with E-state index in [0.717, 1.165) is 37.3 Å². The van der Waals surface area contributed by atoms with Crippen molar-refractivity contribution in [2.75, 3.05) is 48.3 Å². The molecule has 3 aromatic heterocycles. The number of anilines is 4. The van der Waals surface area contributed by atoms with Crippen LogP contribution in [-0.4, -0.2) is 79.7 Å². The molecular weight excluding hydrogens is 516 g/mol. The van der Waals surface area contributed by atoms with Crippen molar-refractivity contribution in [3.05, 3.63) is 48.1 Å². The van der Waals surface area contributed by atoms with Crippen LogP contribution in [0.5, 0.6) is 0 Å². The van der Waals surface area contributed by atoms with Gasteiger partial charge in [-0.05, 0) is 31.0 Å². The Hall–Kier alpha value is -3.94. The van der Waals surface area contributed by atoms with E-state index in [1.54, 1.807) is 24.8 Å². The number of rotatable bonds is 6. The molecule has 0 spiro atoms. The minimum absolute atomic E-state index is 0.0955. The molecule has 206 valence electrons. The fraction of sp³-hybridized carbons (Fsp3) is 0.440. The highest BCUT2D eigenvalue weighted by Crippen LogP contribution is 2.28. The Bertz CT molecular complexity index is 1420. The van der Waals surface area contributed by atoms with Gasteiger partial charge in [-0.2, -0.15) is 23.1 Å². The van der Waals surface area contributed by atoms with Crippen molar-refractivity contribution in [1.82, 2.24) is 34.8 Å². The van der Waals surface area contributed by atoms with Crippen molar-refractivity contribution in [2.45, 2.75) is 37.9 Å². The number of aromatic nitrogens is 6. The third-order valence-corrected chi connectivity index (χ3v) is 7.19. The van der Waals surface area contributed by atoms with Crippen LogP contribution < -0.4 is 15.5 Å². The largest absolute Gasteiger partial charge is 0.401 e. The summed E-state index contributed by atoms with van der Waals surface area (Å²) in [4.78, 5) is 27.8. The van der Waals surface area contributed by atoms with Crippen LogP contribution in [0.15, 0.2) is 30.9 Å². The first-order chi connectivity index (χ1) is 18.8. The van der Waals surface area contributed by atoms with E-state index >= 15 is 0 Å². The zero-order valence-corrected chi connectivity index (χ0v) is 21.0. The van der Waals surface area contributed by atoms with Crippen molar-refractivity contribution in [2.24, 2.45) is 0 Å². The molecule has 4 aromatic rings. The molecule has 14 heteroatoms. The number of halogens is 4. The predicted octanol–water partition coefficient (Wildman–Crippen LogP) is 4.00. The van der Waals surface area contributed by atoms with E-state index in [1.807, 2.05) is 0 Å². The Morgan fingerprint density at radius 1 is 0.974 bits per heavy atom. The molecule has 0 unspecified atom stereocenters. The predicted molar refractivity (Wildman–Crippen MR) is 139 cm³/mol. The third kappa shape index (κ3) is 5.75. The number of nitrogens with one attached hydrogen (secondary N) is 4. The number of fused-ring (bicyclic) bond motifs is 2. The maximum atomic E-state index is 15.0. The van der Waals surface area contributed by atoms with Gasteiger partial charge >= 0.3 is 6.18 Å². The van der Waals surface area contributed by atoms with E-state index in [0.29, 0.717) is 60.2 Å². The van der Waals surface area contributed by atoms with Gasteiger partial charge in [0.2, 0.25) is 5.95 Å². The molecule has 0 bridgehead atoms. The van der Waals surface area contributed by atoms with E-state index in [9.17, 15) is 17.6 Å². The molecule has 10 nitrogen and oxygen atoms in total. The lowest BCUT2D eigenvalue weighted by Crippen LogP contribution is -2.43. The summed E-state index contributed by atoms with van der Waals surface area (Å²) in [6.07, 6.45) is 1.68. The van der Waals surface area contributed by atoms with Gasteiger partial charge in [0.1, 0.15) is 5.82 Å². The van der Waals surface area contributed by atoms with Gasteiger partial charge in [0.25, 0.3) is 0 Å². The van der Waals surface area contributed by atoms with Crippen LogP contribution in [0.1, 0.15) is 24.2 Å². The number of imidazole rings is 2. The first-order valence-electron chi connectivity index (χ1n) is 12.9. The highest BCUT2D eigenvalue weighted by atomic mass is 19.4. The molecule has 4 N–H and O–H groups in total. The Labute approximate surface area is 221 Å². The van der Waals surface area contributed by atoms with Crippen LogP contribution in [0.2, 0.25) is 0 Å².